The Labute approximate surface area is 122 Å². The highest BCUT2D eigenvalue weighted by molar-refractivity contribution is 6.09. The van der Waals surface area contributed by atoms with Crippen LogP contribution in [0.5, 0.6) is 0 Å². The van der Waals surface area contributed by atoms with E-state index in [2.05, 4.69) is 12.1 Å². The normalized spacial score (nSPS) is 35.8. The molecule has 0 aromatic heterocycles. The lowest BCUT2D eigenvalue weighted by Gasteiger charge is -1.99. The van der Waals surface area contributed by atoms with Crippen molar-refractivity contribution in [2.75, 3.05) is 0 Å². The van der Waals surface area contributed by atoms with Gasteiger partial charge in [0.1, 0.15) is 18.3 Å². The van der Waals surface area contributed by atoms with E-state index in [1.807, 2.05) is 42.5 Å². The lowest BCUT2D eigenvalue weighted by molar-refractivity contribution is 0.0894. The molecule has 2 saturated heterocycles. The zero-order valence-electron chi connectivity index (χ0n) is 11.4. The van der Waals surface area contributed by atoms with Gasteiger partial charge in [-0.05, 0) is 11.1 Å². The second-order valence-electron chi connectivity index (χ2n) is 6.02. The number of benzene rings is 2. The Morgan fingerprint density at radius 3 is 2.57 bits per heavy atom. The van der Waals surface area contributed by atoms with Crippen molar-refractivity contribution in [3.05, 3.63) is 71.3 Å². The molecule has 0 bridgehead atoms. The van der Waals surface area contributed by atoms with E-state index in [0.717, 1.165) is 16.7 Å². The number of epoxide rings is 2. The largest absolute Gasteiger partial charge is 0.362 e. The van der Waals surface area contributed by atoms with Crippen molar-refractivity contribution >= 4 is 5.78 Å². The zero-order chi connectivity index (χ0) is 14.0. The average Bonchev–Trinajstić information content (AvgIpc) is 3.40. The lowest BCUT2D eigenvalue weighted by Crippen LogP contribution is -2.25. The Hall–Kier alpha value is -1.97. The zero-order valence-corrected chi connectivity index (χ0v) is 11.4. The van der Waals surface area contributed by atoms with Crippen molar-refractivity contribution in [1.29, 1.82) is 0 Å². The Morgan fingerprint density at radius 1 is 1.00 bits per heavy atom. The fraction of sp³-hybridized carbons (Fsp3) is 0.278. The summed E-state index contributed by atoms with van der Waals surface area (Å²) in [4.78, 5) is 12.6. The molecule has 104 valence electrons. The first kappa shape index (κ1) is 11.7. The third-order valence-electron chi connectivity index (χ3n) is 4.79. The summed E-state index contributed by atoms with van der Waals surface area (Å²) < 4.78 is 11.6. The van der Waals surface area contributed by atoms with Crippen LogP contribution in [0.25, 0.3) is 0 Å². The predicted molar refractivity (Wildman–Crippen MR) is 76.1 cm³/mol. The first-order chi connectivity index (χ1) is 10.3. The van der Waals surface area contributed by atoms with Crippen molar-refractivity contribution in [2.45, 2.75) is 30.3 Å². The first-order valence-electron chi connectivity index (χ1n) is 7.30. The molecule has 1 spiro atoms. The van der Waals surface area contributed by atoms with E-state index in [1.165, 1.54) is 0 Å². The number of ether oxygens (including phenoxy) is 2. The fourth-order valence-electron chi connectivity index (χ4n) is 3.60. The number of Topliss-reactive ketones (excluding diaryl/α,β-unsaturated/α-hetero) is 1. The first-order valence-corrected chi connectivity index (χ1v) is 7.30. The van der Waals surface area contributed by atoms with E-state index in [9.17, 15) is 4.79 Å². The second kappa shape index (κ2) is 3.81. The number of hydrogen-bond acceptors (Lipinski definition) is 3. The molecule has 5 rings (SSSR count). The van der Waals surface area contributed by atoms with E-state index >= 15 is 0 Å². The number of rotatable bonds is 2. The Morgan fingerprint density at radius 2 is 1.76 bits per heavy atom. The average molecular weight is 278 g/mol. The molecule has 3 heteroatoms. The molecule has 0 unspecified atom stereocenters. The topological polar surface area (TPSA) is 42.1 Å². The van der Waals surface area contributed by atoms with Gasteiger partial charge in [0, 0.05) is 12.0 Å². The molecule has 2 aliphatic heterocycles. The van der Waals surface area contributed by atoms with E-state index in [-0.39, 0.29) is 24.1 Å². The van der Waals surface area contributed by atoms with Gasteiger partial charge in [-0.2, -0.15) is 0 Å². The van der Waals surface area contributed by atoms with Gasteiger partial charge in [0.25, 0.3) is 0 Å². The standard InChI is InChI=1S/C18H14O3/c19-16-13-9-5-4-8-12(13)10-18(16)17(21-18)15-14(20-15)11-6-2-1-3-7-11/h1-9,14-15,17H,10H2/t14-,15+,17+,18+/m1/s1. The van der Waals surface area contributed by atoms with Gasteiger partial charge in [-0.25, -0.2) is 0 Å². The van der Waals surface area contributed by atoms with E-state index < -0.39 is 5.60 Å². The molecule has 21 heavy (non-hydrogen) atoms. The van der Waals surface area contributed by atoms with Gasteiger partial charge in [-0.3, -0.25) is 4.79 Å². The summed E-state index contributed by atoms with van der Waals surface area (Å²) in [6.07, 6.45) is 0.689. The van der Waals surface area contributed by atoms with Gasteiger partial charge in [-0.15, -0.1) is 0 Å². The van der Waals surface area contributed by atoms with Crippen molar-refractivity contribution in [1.82, 2.24) is 0 Å². The molecule has 0 radical (unpaired) electrons. The molecule has 2 aromatic rings. The highest BCUT2D eigenvalue weighted by Gasteiger charge is 2.72. The van der Waals surface area contributed by atoms with Crippen molar-refractivity contribution in [3.63, 3.8) is 0 Å². The van der Waals surface area contributed by atoms with Gasteiger partial charge in [0.15, 0.2) is 11.4 Å². The molecule has 2 aromatic carbocycles. The number of ketones is 1. The Bertz CT molecular complexity index is 739. The lowest BCUT2D eigenvalue weighted by atomic mass is 9.96. The number of hydrogen-bond donors (Lipinski definition) is 0. The van der Waals surface area contributed by atoms with Crippen LogP contribution in [0.4, 0.5) is 0 Å². The predicted octanol–water partition coefficient (Wildman–Crippen LogP) is 2.70. The summed E-state index contributed by atoms with van der Waals surface area (Å²) in [5, 5.41) is 0. The van der Waals surface area contributed by atoms with Crippen LogP contribution in [0, 0.1) is 0 Å². The summed E-state index contributed by atoms with van der Waals surface area (Å²) in [5.41, 5.74) is 2.44. The minimum Gasteiger partial charge on any atom is -0.362 e. The summed E-state index contributed by atoms with van der Waals surface area (Å²) >= 11 is 0. The second-order valence-corrected chi connectivity index (χ2v) is 6.02. The van der Waals surface area contributed by atoms with Crippen LogP contribution in [0.15, 0.2) is 54.6 Å². The smallest absolute Gasteiger partial charge is 0.198 e. The molecular weight excluding hydrogens is 264 g/mol. The molecule has 0 N–H and O–H groups in total. The van der Waals surface area contributed by atoms with E-state index in [4.69, 9.17) is 9.47 Å². The van der Waals surface area contributed by atoms with Gasteiger partial charge in [0.2, 0.25) is 0 Å². The monoisotopic (exact) mass is 278 g/mol. The fourth-order valence-corrected chi connectivity index (χ4v) is 3.60. The third-order valence-corrected chi connectivity index (χ3v) is 4.79. The van der Waals surface area contributed by atoms with Gasteiger partial charge in [-0.1, -0.05) is 54.6 Å². The molecule has 0 saturated carbocycles. The Kier molecular flexibility index (Phi) is 2.12. The molecule has 0 amide bonds. The maximum absolute atomic E-state index is 12.6. The highest BCUT2D eigenvalue weighted by atomic mass is 16.7. The summed E-state index contributed by atoms with van der Waals surface area (Å²) in [5.74, 6) is 0.130. The van der Waals surface area contributed by atoms with Crippen molar-refractivity contribution in [2.24, 2.45) is 0 Å². The van der Waals surface area contributed by atoms with Gasteiger partial charge in [0.05, 0.1) is 0 Å². The van der Waals surface area contributed by atoms with E-state index in [0.29, 0.717) is 6.42 Å². The van der Waals surface area contributed by atoms with Crippen LogP contribution in [0.2, 0.25) is 0 Å². The summed E-state index contributed by atoms with van der Waals surface area (Å²) in [7, 11) is 0. The summed E-state index contributed by atoms with van der Waals surface area (Å²) in [6.45, 7) is 0. The van der Waals surface area contributed by atoms with Gasteiger partial charge >= 0.3 is 0 Å². The van der Waals surface area contributed by atoms with Crippen LogP contribution >= 0.6 is 0 Å². The maximum Gasteiger partial charge on any atom is 0.198 e. The minimum atomic E-state index is -0.641. The molecule has 3 nitrogen and oxygen atoms in total. The third kappa shape index (κ3) is 1.53. The van der Waals surface area contributed by atoms with Crippen molar-refractivity contribution in [3.8, 4) is 0 Å². The van der Waals surface area contributed by atoms with Crippen LogP contribution in [-0.2, 0) is 15.9 Å². The maximum atomic E-state index is 12.6. The highest BCUT2D eigenvalue weighted by Crippen LogP contribution is 2.57. The molecule has 3 aliphatic rings. The number of carbonyl (C=O) groups is 1. The quantitative estimate of drug-likeness (QED) is 0.793. The molecular formula is C18H14O3. The van der Waals surface area contributed by atoms with Crippen LogP contribution in [0.3, 0.4) is 0 Å². The SMILES string of the molecule is O=C1c2ccccc2C[C@]12O[C@H]2[C@H]1O[C@@H]1c1ccccc1. The summed E-state index contributed by atoms with van der Waals surface area (Å²) in [6, 6.07) is 17.9. The van der Waals surface area contributed by atoms with Crippen molar-refractivity contribution < 1.29 is 14.3 Å². The minimum absolute atomic E-state index is 0.0191. The van der Waals surface area contributed by atoms with Gasteiger partial charge < -0.3 is 9.47 Å². The molecule has 2 fully saturated rings. The Balaban J connectivity index is 1.39. The molecule has 4 atom stereocenters. The van der Waals surface area contributed by atoms with Crippen LogP contribution in [0.1, 0.15) is 27.6 Å². The number of fused-ring (bicyclic) bond motifs is 1. The van der Waals surface area contributed by atoms with E-state index in [1.54, 1.807) is 0 Å². The van der Waals surface area contributed by atoms with Crippen LogP contribution in [-0.4, -0.2) is 23.6 Å². The molecule has 1 aliphatic carbocycles. The number of carbonyl (C=O) groups excluding carboxylic acids is 1. The van der Waals surface area contributed by atoms with Crippen LogP contribution < -0.4 is 0 Å². The molecule has 2 heterocycles.